The van der Waals surface area contributed by atoms with E-state index in [9.17, 15) is 4.79 Å². The Hall–Kier alpha value is -3.41. The standard InChI is InChI=1S/C20H20N4O2/c1-13-5-4-6-14(2)18(13)24-19(25)15-7-9-16(10-8-15)22-20-21-12-11-17(23-20)26-3/h4-12H,1-3H3,(H,24,25)(H,21,22,23). The summed E-state index contributed by atoms with van der Waals surface area (Å²) < 4.78 is 5.07. The molecule has 0 fully saturated rings. The molecule has 0 aliphatic rings. The zero-order valence-corrected chi connectivity index (χ0v) is 14.9. The van der Waals surface area contributed by atoms with E-state index in [4.69, 9.17) is 4.74 Å². The highest BCUT2D eigenvalue weighted by molar-refractivity contribution is 6.05. The number of para-hydroxylation sites is 1. The van der Waals surface area contributed by atoms with Crippen LogP contribution in [0.4, 0.5) is 17.3 Å². The molecule has 6 nitrogen and oxygen atoms in total. The molecule has 0 unspecified atom stereocenters. The molecule has 6 heteroatoms. The normalized spacial score (nSPS) is 10.3. The van der Waals surface area contributed by atoms with E-state index in [1.54, 1.807) is 31.5 Å². The van der Waals surface area contributed by atoms with E-state index >= 15 is 0 Å². The molecule has 1 heterocycles. The summed E-state index contributed by atoms with van der Waals surface area (Å²) in [6, 6.07) is 14.7. The average molecular weight is 348 g/mol. The predicted molar refractivity (Wildman–Crippen MR) is 102 cm³/mol. The lowest BCUT2D eigenvalue weighted by Crippen LogP contribution is -2.13. The minimum absolute atomic E-state index is 0.147. The number of aromatic nitrogens is 2. The first-order chi connectivity index (χ1) is 12.6. The fourth-order valence-electron chi connectivity index (χ4n) is 2.55. The third-order valence-electron chi connectivity index (χ3n) is 3.96. The van der Waals surface area contributed by atoms with E-state index in [0.29, 0.717) is 17.4 Å². The summed E-state index contributed by atoms with van der Waals surface area (Å²) in [5.74, 6) is 0.760. The fraction of sp³-hybridized carbons (Fsp3) is 0.150. The minimum atomic E-state index is -0.147. The summed E-state index contributed by atoms with van der Waals surface area (Å²) >= 11 is 0. The largest absolute Gasteiger partial charge is 0.481 e. The number of nitrogens with one attached hydrogen (secondary N) is 2. The third-order valence-corrected chi connectivity index (χ3v) is 3.96. The highest BCUT2D eigenvalue weighted by Gasteiger charge is 2.10. The zero-order chi connectivity index (χ0) is 18.5. The van der Waals surface area contributed by atoms with Crippen molar-refractivity contribution in [1.82, 2.24) is 9.97 Å². The number of methoxy groups -OCH3 is 1. The van der Waals surface area contributed by atoms with Crippen LogP contribution in [0.25, 0.3) is 0 Å². The maximum Gasteiger partial charge on any atom is 0.255 e. The molecule has 0 bridgehead atoms. The van der Waals surface area contributed by atoms with Gasteiger partial charge in [-0.05, 0) is 49.2 Å². The SMILES string of the molecule is COc1ccnc(Nc2ccc(C(=O)Nc3c(C)cccc3C)cc2)n1. The average Bonchev–Trinajstić information content (AvgIpc) is 2.65. The van der Waals surface area contributed by atoms with Crippen LogP contribution in [0.15, 0.2) is 54.7 Å². The fourth-order valence-corrected chi connectivity index (χ4v) is 2.55. The van der Waals surface area contributed by atoms with Crippen LogP contribution >= 0.6 is 0 Å². The molecule has 0 saturated heterocycles. The Morgan fingerprint density at radius 1 is 1.00 bits per heavy atom. The van der Waals surface area contributed by atoms with Crippen molar-refractivity contribution < 1.29 is 9.53 Å². The van der Waals surface area contributed by atoms with Gasteiger partial charge in [0.15, 0.2) is 0 Å². The van der Waals surface area contributed by atoms with Crippen LogP contribution in [0.2, 0.25) is 0 Å². The van der Waals surface area contributed by atoms with Crippen LogP contribution < -0.4 is 15.4 Å². The zero-order valence-electron chi connectivity index (χ0n) is 14.9. The number of rotatable bonds is 5. The van der Waals surface area contributed by atoms with Gasteiger partial charge in [0.25, 0.3) is 5.91 Å². The lowest BCUT2D eigenvalue weighted by Gasteiger charge is -2.12. The number of hydrogen-bond donors (Lipinski definition) is 2. The number of ether oxygens (including phenoxy) is 1. The molecule has 3 rings (SSSR count). The number of nitrogens with zero attached hydrogens (tertiary/aromatic N) is 2. The van der Waals surface area contributed by atoms with Crippen LogP contribution in [0, 0.1) is 13.8 Å². The van der Waals surface area contributed by atoms with Crippen molar-refractivity contribution >= 4 is 23.2 Å². The first kappa shape index (κ1) is 17.4. The highest BCUT2D eigenvalue weighted by Crippen LogP contribution is 2.21. The van der Waals surface area contributed by atoms with Gasteiger partial charge in [0.05, 0.1) is 7.11 Å². The predicted octanol–water partition coefficient (Wildman–Crippen LogP) is 4.10. The van der Waals surface area contributed by atoms with Gasteiger partial charge in [-0.3, -0.25) is 4.79 Å². The molecule has 26 heavy (non-hydrogen) atoms. The van der Waals surface area contributed by atoms with Crippen molar-refractivity contribution in [2.75, 3.05) is 17.7 Å². The van der Waals surface area contributed by atoms with Crippen molar-refractivity contribution in [2.24, 2.45) is 0 Å². The van der Waals surface area contributed by atoms with Crippen LogP contribution in [0.1, 0.15) is 21.5 Å². The topological polar surface area (TPSA) is 76.1 Å². The number of aryl methyl sites for hydroxylation is 2. The Labute approximate surface area is 152 Å². The van der Waals surface area contributed by atoms with Gasteiger partial charge in [-0.1, -0.05) is 18.2 Å². The molecule has 1 amide bonds. The van der Waals surface area contributed by atoms with Gasteiger partial charge in [0, 0.05) is 29.2 Å². The molecule has 0 saturated carbocycles. The maximum absolute atomic E-state index is 12.5. The molecule has 132 valence electrons. The third kappa shape index (κ3) is 3.97. The Morgan fingerprint density at radius 3 is 2.35 bits per heavy atom. The molecular weight excluding hydrogens is 328 g/mol. The number of benzene rings is 2. The summed E-state index contributed by atoms with van der Waals surface area (Å²) in [6.07, 6.45) is 1.61. The van der Waals surface area contributed by atoms with Crippen molar-refractivity contribution in [3.63, 3.8) is 0 Å². The molecule has 0 radical (unpaired) electrons. The molecule has 0 atom stereocenters. The first-order valence-corrected chi connectivity index (χ1v) is 8.18. The van der Waals surface area contributed by atoms with Crippen molar-refractivity contribution in [3.8, 4) is 5.88 Å². The van der Waals surface area contributed by atoms with Crippen LogP contribution in [-0.4, -0.2) is 23.0 Å². The van der Waals surface area contributed by atoms with Crippen LogP contribution in [0.5, 0.6) is 5.88 Å². The Morgan fingerprint density at radius 2 is 1.69 bits per heavy atom. The van der Waals surface area contributed by atoms with Crippen LogP contribution in [0.3, 0.4) is 0 Å². The van der Waals surface area contributed by atoms with Gasteiger partial charge in [-0.25, -0.2) is 4.98 Å². The molecule has 0 aliphatic heterocycles. The number of carbonyl (C=O) groups is 1. The summed E-state index contributed by atoms with van der Waals surface area (Å²) in [5, 5.41) is 6.06. The van der Waals surface area contributed by atoms with Gasteiger partial charge in [0.2, 0.25) is 11.8 Å². The van der Waals surface area contributed by atoms with Crippen molar-refractivity contribution in [3.05, 3.63) is 71.4 Å². The summed E-state index contributed by atoms with van der Waals surface area (Å²) in [4.78, 5) is 20.8. The smallest absolute Gasteiger partial charge is 0.255 e. The summed E-state index contributed by atoms with van der Waals surface area (Å²) in [5.41, 5.74) is 4.27. The minimum Gasteiger partial charge on any atom is -0.481 e. The van der Waals surface area contributed by atoms with Gasteiger partial charge in [0.1, 0.15) is 0 Å². The monoisotopic (exact) mass is 348 g/mol. The summed E-state index contributed by atoms with van der Waals surface area (Å²) in [7, 11) is 1.55. The lowest BCUT2D eigenvalue weighted by atomic mass is 10.1. The van der Waals surface area contributed by atoms with Gasteiger partial charge < -0.3 is 15.4 Å². The van der Waals surface area contributed by atoms with Crippen molar-refractivity contribution in [1.29, 1.82) is 0 Å². The van der Waals surface area contributed by atoms with E-state index in [2.05, 4.69) is 20.6 Å². The second-order valence-corrected chi connectivity index (χ2v) is 5.85. The summed E-state index contributed by atoms with van der Waals surface area (Å²) in [6.45, 7) is 3.95. The van der Waals surface area contributed by atoms with E-state index in [1.165, 1.54) is 0 Å². The van der Waals surface area contributed by atoms with E-state index in [0.717, 1.165) is 22.5 Å². The van der Waals surface area contributed by atoms with E-state index < -0.39 is 0 Å². The molecule has 2 aromatic carbocycles. The second kappa shape index (κ2) is 7.65. The molecular formula is C20H20N4O2. The molecule has 3 aromatic rings. The van der Waals surface area contributed by atoms with E-state index in [1.807, 2.05) is 44.2 Å². The van der Waals surface area contributed by atoms with Crippen molar-refractivity contribution in [2.45, 2.75) is 13.8 Å². The maximum atomic E-state index is 12.5. The Kier molecular flexibility index (Phi) is 5.12. The molecule has 1 aromatic heterocycles. The molecule has 0 aliphatic carbocycles. The van der Waals surface area contributed by atoms with Gasteiger partial charge in [-0.2, -0.15) is 4.98 Å². The van der Waals surface area contributed by atoms with Crippen LogP contribution in [-0.2, 0) is 0 Å². The Balaban J connectivity index is 1.71. The number of anilines is 3. The number of carbonyl (C=O) groups excluding carboxylic acids is 1. The number of amides is 1. The number of hydrogen-bond acceptors (Lipinski definition) is 5. The van der Waals surface area contributed by atoms with Gasteiger partial charge in [-0.15, -0.1) is 0 Å². The highest BCUT2D eigenvalue weighted by atomic mass is 16.5. The molecule has 2 N–H and O–H groups in total. The second-order valence-electron chi connectivity index (χ2n) is 5.85. The van der Waals surface area contributed by atoms with E-state index in [-0.39, 0.29) is 5.91 Å². The first-order valence-electron chi connectivity index (χ1n) is 8.18. The quantitative estimate of drug-likeness (QED) is 0.726. The lowest BCUT2D eigenvalue weighted by molar-refractivity contribution is 0.102. The molecule has 0 spiro atoms. The van der Waals surface area contributed by atoms with Gasteiger partial charge >= 0.3 is 0 Å². The Bertz CT molecular complexity index is 903.